The van der Waals surface area contributed by atoms with Crippen molar-refractivity contribution < 1.29 is 23.6 Å². The molecule has 1 aromatic heterocycles. The van der Waals surface area contributed by atoms with Crippen molar-refractivity contribution in [2.75, 3.05) is 35.8 Å². The van der Waals surface area contributed by atoms with Gasteiger partial charge in [-0.1, -0.05) is 17.7 Å². The van der Waals surface area contributed by atoms with Crippen LogP contribution in [0, 0.1) is 11.8 Å². The SMILES string of the molecule is Nc1nc2c(c(=O)[nH]1)NCN2[C@@H]1C[C@H](CO)[C@H]1COP(=O)(O)Oc1cccc(Cl)c1. The Bertz CT molecular complexity index is 1050. The number of nitrogens with two attached hydrogens (primary N) is 1. The predicted molar refractivity (Wildman–Crippen MR) is 111 cm³/mol. The molecule has 13 heteroatoms. The summed E-state index contributed by atoms with van der Waals surface area (Å²) in [7, 11) is -4.41. The molecule has 0 bridgehead atoms. The first-order valence-corrected chi connectivity index (χ1v) is 11.1. The molecular formula is C17H21ClN5O6P. The molecule has 0 saturated heterocycles. The number of hydrogen-bond acceptors (Lipinski definition) is 9. The molecule has 1 aromatic carbocycles. The molecule has 1 aliphatic heterocycles. The van der Waals surface area contributed by atoms with Crippen LogP contribution < -0.4 is 26.0 Å². The molecule has 30 heavy (non-hydrogen) atoms. The van der Waals surface area contributed by atoms with Crippen LogP contribution in [-0.2, 0) is 9.09 Å². The lowest BCUT2D eigenvalue weighted by atomic mass is 9.69. The van der Waals surface area contributed by atoms with E-state index in [-0.39, 0.29) is 48.3 Å². The van der Waals surface area contributed by atoms with E-state index in [0.717, 1.165) is 0 Å². The number of benzene rings is 1. The second kappa shape index (κ2) is 8.09. The topological polar surface area (TPSA) is 163 Å². The Labute approximate surface area is 176 Å². The van der Waals surface area contributed by atoms with Gasteiger partial charge in [-0.05, 0) is 30.5 Å². The van der Waals surface area contributed by atoms with E-state index in [2.05, 4.69) is 15.3 Å². The van der Waals surface area contributed by atoms with Crippen molar-refractivity contribution in [3.63, 3.8) is 0 Å². The fourth-order valence-electron chi connectivity index (χ4n) is 3.82. The summed E-state index contributed by atoms with van der Waals surface area (Å²) in [6.07, 6.45) is 0.602. The zero-order chi connectivity index (χ0) is 21.5. The van der Waals surface area contributed by atoms with Crippen molar-refractivity contribution in [1.82, 2.24) is 9.97 Å². The summed E-state index contributed by atoms with van der Waals surface area (Å²) in [5.41, 5.74) is 5.60. The molecule has 2 aliphatic rings. The van der Waals surface area contributed by atoms with Gasteiger partial charge in [0.15, 0.2) is 5.82 Å². The highest BCUT2D eigenvalue weighted by Gasteiger charge is 2.47. The third kappa shape index (κ3) is 4.12. The summed E-state index contributed by atoms with van der Waals surface area (Å²) in [6, 6.07) is 5.91. The Morgan fingerprint density at radius 2 is 2.23 bits per heavy atom. The number of rotatable bonds is 7. The van der Waals surface area contributed by atoms with Crippen LogP contribution in [0.1, 0.15) is 6.42 Å². The Kier molecular flexibility index (Phi) is 5.65. The predicted octanol–water partition coefficient (Wildman–Crippen LogP) is 1.39. The van der Waals surface area contributed by atoms with Crippen molar-refractivity contribution in [3.8, 4) is 5.75 Å². The number of anilines is 3. The van der Waals surface area contributed by atoms with Crippen molar-refractivity contribution in [2.45, 2.75) is 12.5 Å². The molecule has 11 nitrogen and oxygen atoms in total. The van der Waals surface area contributed by atoms with Crippen LogP contribution in [0.15, 0.2) is 29.1 Å². The summed E-state index contributed by atoms with van der Waals surface area (Å²) in [4.78, 5) is 30.6. The Balaban J connectivity index is 1.46. The molecule has 1 fully saturated rings. The molecular weight excluding hydrogens is 437 g/mol. The highest BCUT2D eigenvalue weighted by Crippen LogP contribution is 2.48. The Morgan fingerprint density at radius 1 is 1.43 bits per heavy atom. The van der Waals surface area contributed by atoms with Crippen LogP contribution >= 0.6 is 19.4 Å². The molecule has 6 N–H and O–H groups in total. The van der Waals surface area contributed by atoms with Crippen LogP contribution in [0.25, 0.3) is 0 Å². The number of hydrogen-bond donors (Lipinski definition) is 5. The number of phosphoric acid groups is 1. The van der Waals surface area contributed by atoms with Gasteiger partial charge < -0.3 is 25.6 Å². The largest absolute Gasteiger partial charge is 0.527 e. The zero-order valence-electron chi connectivity index (χ0n) is 15.7. The molecule has 2 heterocycles. The number of aromatic amines is 1. The minimum Gasteiger partial charge on any atom is -0.404 e. The number of phosphoric ester groups is 1. The molecule has 2 aromatic rings. The van der Waals surface area contributed by atoms with Gasteiger partial charge in [0.05, 0.1) is 13.3 Å². The second-order valence-corrected chi connectivity index (χ2v) is 8.99. The minimum atomic E-state index is -4.41. The Hall–Kier alpha value is -2.30. The Morgan fingerprint density at radius 3 is 2.97 bits per heavy atom. The standard InChI is InChI=1S/C17H21ClN5O6P/c18-10-2-1-3-11(5-10)29-30(26,27)28-7-12-9(6-24)4-13(12)23-8-20-14-15(23)21-17(19)22-16(14)25/h1-3,5,9,12-13,20,24H,4,6-8H2,(H,26,27)(H3,19,21,22,25)/t9-,12-,13-/m1/s1. The van der Waals surface area contributed by atoms with Gasteiger partial charge in [-0.3, -0.25) is 19.2 Å². The summed E-state index contributed by atoms with van der Waals surface area (Å²) < 4.78 is 22.6. The van der Waals surface area contributed by atoms with Crippen LogP contribution in [0.3, 0.4) is 0 Å². The first kappa shape index (κ1) is 21.0. The van der Waals surface area contributed by atoms with Crippen molar-refractivity contribution in [2.24, 2.45) is 11.8 Å². The van der Waals surface area contributed by atoms with E-state index in [1.165, 1.54) is 12.1 Å². The van der Waals surface area contributed by atoms with E-state index in [9.17, 15) is 19.4 Å². The number of nitrogens with one attached hydrogen (secondary N) is 2. The van der Waals surface area contributed by atoms with Gasteiger partial charge in [-0.15, -0.1) is 0 Å². The number of aliphatic hydroxyl groups is 1. The lowest BCUT2D eigenvalue weighted by Gasteiger charge is -2.48. The zero-order valence-corrected chi connectivity index (χ0v) is 17.3. The second-order valence-electron chi connectivity index (χ2n) is 7.18. The van der Waals surface area contributed by atoms with E-state index in [0.29, 0.717) is 29.6 Å². The van der Waals surface area contributed by atoms with Crippen molar-refractivity contribution >= 4 is 36.9 Å². The lowest BCUT2D eigenvalue weighted by molar-refractivity contribution is 0.0217. The summed E-state index contributed by atoms with van der Waals surface area (Å²) in [5, 5.41) is 13.0. The van der Waals surface area contributed by atoms with Crippen molar-refractivity contribution in [3.05, 3.63) is 39.6 Å². The molecule has 1 unspecified atom stereocenters. The van der Waals surface area contributed by atoms with E-state index < -0.39 is 7.82 Å². The molecule has 0 amide bonds. The fourth-order valence-corrected chi connectivity index (χ4v) is 4.79. The minimum absolute atomic E-state index is 0.00642. The van der Waals surface area contributed by atoms with Gasteiger partial charge in [-0.25, -0.2) is 4.57 Å². The highest BCUT2D eigenvalue weighted by molar-refractivity contribution is 7.47. The lowest BCUT2D eigenvalue weighted by Crippen LogP contribution is -2.55. The average molecular weight is 458 g/mol. The van der Waals surface area contributed by atoms with Crippen LogP contribution in [-0.4, -0.2) is 45.9 Å². The molecule has 1 aliphatic carbocycles. The van der Waals surface area contributed by atoms with E-state index >= 15 is 0 Å². The van der Waals surface area contributed by atoms with Gasteiger partial charge in [-0.2, -0.15) is 4.98 Å². The molecule has 1 saturated carbocycles. The fraction of sp³-hybridized carbons (Fsp3) is 0.412. The first-order chi connectivity index (χ1) is 14.3. The quantitative estimate of drug-likeness (QED) is 0.384. The van der Waals surface area contributed by atoms with Crippen LogP contribution in [0.2, 0.25) is 5.02 Å². The van der Waals surface area contributed by atoms with Crippen molar-refractivity contribution in [1.29, 1.82) is 0 Å². The smallest absolute Gasteiger partial charge is 0.404 e. The number of aromatic nitrogens is 2. The van der Waals surface area contributed by atoms with E-state index in [1.54, 1.807) is 12.1 Å². The molecule has 162 valence electrons. The van der Waals surface area contributed by atoms with Gasteiger partial charge in [0.25, 0.3) is 5.56 Å². The number of halogens is 1. The van der Waals surface area contributed by atoms with E-state index in [1.807, 2.05) is 4.90 Å². The number of aliphatic hydroxyl groups excluding tert-OH is 1. The highest BCUT2D eigenvalue weighted by atomic mass is 35.5. The third-order valence-corrected chi connectivity index (χ3v) is 6.49. The molecule has 0 radical (unpaired) electrons. The van der Waals surface area contributed by atoms with Gasteiger partial charge in [0.1, 0.15) is 11.4 Å². The number of nitrogen functional groups attached to an aromatic ring is 1. The maximum absolute atomic E-state index is 12.4. The monoisotopic (exact) mass is 457 g/mol. The summed E-state index contributed by atoms with van der Waals surface area (Å²) in [6.45, 7) is 0.0905. The molecule has 4 rings (SSSR count). The first-order valence-electron chi connectivity index (χ1n) is 9.21. The van der Waals surface area contributed by atoms with E-state index in [4.69, 9.17) is 26.4 Å². The van der Waals surface area contributed by atoms with Gasteiger partial charge in [0.2, 0.25) is 5.95 Å². The third-order valence-electron chi connectivity index (χ3n) is 5.34. The van der Waals surface area contributed by atoms with Gasteiger partial charge >= 0.3 is 7.82 Å². The number of nitrogens with zero attached hydrogens (tertiary/aromatic N) is 2. The maximum Gasteiger partial charge on any atom is 0.527 e. The normalized spacial score (nSPS) is 24.5. The van der Waals surface area contributed by atoms with Gasteiger partial charge in [0, 0.05) is 23.6 Å². The maximum atomic E-state index is 12.4. The molecule has 0 spiro atoms. The summed E-state index contributed by atoms with van der Waals surface area (Å²) >= 11 is 5.86. The number of H-pyrrole nitrogens is 1. The molecule has 4 atom stereocenters. The summed E-state index contributed by atoms with van der Waals surface area (Å²) in [5.74, 6) is 0.0879. The number of fused-ring (bicyclic) bond motifs is 1. The van der Waals surface area contributed by atoms with Crippen LogP contribution in [0.5, 0.6) is 5.75 Å². The average Bonchev–Trinajstić information content (AvgIpc) is 3.04. The van der Waals surface area contributed by atoms with Crippen LogP contribution in [0.4, 0.5) is 17.5 Å².